The van der Waals surface area contributed by atoms with Crippen LogP contribution < -0.4 is 10.0 Å². The number of nitrogens with one attached hydrogen (secondary N) is 3. The van der Waals surface area contributed by atoms with Gasteiger partial charge in [-0.15, -0.1) is 0 Å². The molecule has 1 aromatic heterocycles. The first-order chi connectivity index (χ1) is 8.66. The number of H-pyrrole nitrogens is 1. The van der Waals surface area contributed by atoms with Crippen molar-refractivity contribution in [1.82, 2.24) is 20.2 Å². The summed E-state index contributed by atoms with van der Waals surface area (Å²) in [6.07, 6.45) is 7.43. The van der Waals surface area contributed by atoms with Crippen LogP contribution in [-0.4, -0.2) is 37.0 Å². The Balaban J connectivity index is 1.57. The second kappa shape index (κ2) is 6.31. The first-order valence-corrected chi connectivity index (χ1v) is 7.99. The number of hydrogen-bond acceptors (Lipinski definition) is 4. The normalized spacial score (nSPS) is 16.0. The highest BCUT2D eigenvalue weighted by Crippen LogP contribution is 2.18. The molecule has 1 fully saturated rings. The van der Waals surface area contributed by atoms with Crippen molar-refractivity contribution in [2.24, 2.45) is 0 Å². The molecule has 0 unspecified atom stereocenters. The summed E-state index contributed by atoms with van der Waals surface area (Å²) < 4.78 is 25.9. The molecule has 1 aromatic rings. The molecule has 0 aliphatic heterocycles. The molecule has 102 valence electrons. The average molecular weight is 272 g/mol. The summed E-state index contributed by atoms with van der Waals surface area (Å²) in [5, 5.41) is 9.78. The van der Waals surface area contributed by atoms with Gasteiger partial charge in [-0.3, -0.25) is 5.10 Å². The highest BCUT2D eigenvalue weighted by Gasteiger charge is 2.19. The molecule has 1 saturated carbocycles. The van der Waals surface area contributed by atoms with E-state index in [2.05, 4.69) is 20.2 Å². The zero-order chi connectivity index (χ0) is 12.8. The lowest BCUT2D eigenvalue weighted by atomic mass is 10.3. The minimum atomic E-state index is -3.16. The average Bonchev–Trinajstić information content (AvgIpc) is 3.00. The van der Waals surface area contributed by atoms with Gasteiger partial charge in [-0.1, -0.05) is 0 Å². The minimum Gasteiger partial charge on any atom is -0.314 e. The molecule has 1 aliphatic carbocycles. The molecular formula is C11H20N4O2S. The standard InChI is InChI=1S/C11H20N4O2S/c16-18(17,15-9-10-7-13-14-8-10)6-2-1-5-12-11-3-4-11/h7-8,11-12,15H,1-6,9H2,(H,13,14). The number of unbranched alkanes of at least 4 members (excludes halogenated alkanes) is 1. The number of aromatic amines is 1. The molecular weight excluding hydrogens is 252 g/mol. The van der Waals surface area contributed by atoms with Gasteiger partial charge in [-0.2, -0.15) is 5.10 Å². The Morgan fingerprint density at radius 1 is 1.39 bits per heavy atom. The Kier molecular flexibility index (Phi) is 4.73. The van der Waals surface area contributed by atoms with Crippen LogP contribution in [0.4, 0.5) is 0 Å². The maximum atomic E-state index is 11.7. The number of aromatic nitrogens is 2. The number of nitrogens with zero attached hydrogens (tertiary/aromatic N) is 1. The summed E-state index contributed by atoms with van der Waals surface area (Å²) in [7, 11) is -3.16. The fourth-order valence-corrected chi connectivity index (χ4v) is 2.77. The van der Waals surface area contributed by atoms with Gasteiger partial charge in [0.25, 0.3) is 0 Å². The Labute approximate surface area is 108 Å². The first kappa shape index (κ1) is 13.5. The number of hydrogen-bond donors (Lipinski definition) is 3. The smallest absolute Gasteiger partial charge is 0.211 e. The summed E-state index contributed by atoms with van der Waals surface area (Å²) in [5.74, 6) is 0.192. The maximum Gasteiger partial charge on any atom is 0.211 e. The van der Waals surface area contributed by atoms with Crippen LogP contribution in [0.3, 0.4) is 0 Å². The number of rotatable bonds is 9. The molecule has 6 nitrogen and oxygen atoms in total. The third-order valence-corrected chi connectivity index (χ3v) is 4.31. The number of sulfonamides is 1. The zero-order valence-corrected chi connectivity index (χ0v) is 11.2. The molecule has 1 heterocycles. The second-order valence-electron chi connectivity index (χ2n) is 4.68. The molecule has 7 heteroatoms. The molecule has 0 amide bonds. The molecule has 0 radical (unpaired) electrons. The molecule has 0 atom stereocenters. The van der Waals surface area contributed by atoms with Crippen LogP contribution >= 0.6 is 0 Å². The molecule has 3 N–H and O–H groups in total. The first-order valence-electron chi connectivity index (χ1n) is 6.34. The van der Waals surface area contributed by atoms with Gasteiger partial charge in [-0.25, -0.2) is 13.1 Å². The SMILES string of the molecule is O=S(=O)(CCCCNC1CC1)NCc1cn[nH]c1. The van der Waals surface area contributed by atoms with Gasteiger partial charge in [0.15, 0.2) is 0 Å². The van der Waals surface area contributed by atoms with Crippen LogP contribution in [0.2, 0.25) is 0 Å². The fraction of sp³-hybridized carbons (Fsp3) is 0.727. The molecule has 2 rings (SSSR count). The van der Waals surface area contributed by atoms with E-state index in [0.29, 0.717) is 19.0 Å². The Hall–Kier alpha value is -0.920. The highest BCUT2D eigenvalue weighted by molar-refractivity contribution is 7.89. The minimum absolute atomic E-state index is 0.192. The summed E-state index contributed by atoms with van der Waals surface area (Å²) in [6.45, 7) is 1.22. The van der Waals surface area contributed by atoms with Crippen LogP contribution in [0, 0.1) is 0 Å². The summed E-state index contributed by atoms with van der Waals surface area (Å²) in [6, 6.07) is 0.695. The quantitative estimate of drug-likeness (QED) is 0.567. The van der Waals surface area contributed by atoms with Crippen molar-refractivity contribution in [1.29, 1.82) is 0 Å². The molecule has 0 spiro atoms. The Bertz CT molecular complexity index is 440. The van der Waals surface area contributed by atoms with Crippen molar-refractivity contribution in [3.8, 4) is 0 Å². The van der Waals surface area contributed by atoms with Crippen molar-refractivity contribution in [3.63, 3.8) is 0 Å². The van der Waals surface area contributed by atoms with Crippen molar-refractivity contribution in [3.05, 3.63) is 18.0 Å². The lowest BCUT2D eigenvalue weighted by Gasteiger charge is -2.06. The van der Waals surface area contributed by atoms with Gasteiger partial charge in [0.1, 0.15) is 0 Å². The monoisotopic (exact) mass is 272 g/mol. The van der Waals surface area contributed by atoms with E-state index in [4.69, 9.17) is 0 Å². The summed E-state index contributed by atoms with van der Waals surface area (Å²) in [4.78, 5) is 0. The van der Waals surface area contributed by atoms with Gasteiger partial charge >= 0.3 is 0 Å². The third-order valence-electron chi connectivity index (χ3n) is 2.90. The van der Waals surface area contributed by atoms with Crippen LogP contribution in [0.5, 0.6) is 0 Å². The van der Waals surface area contributed by atoms with E-state index >= 15 is 0 Å². The van der Waals surface area contributed by atoms with Crippen molar-refractivity contribution >= 4 is 10.0 Å². The summed E-state index contributed by atoms with van der Waals surface area (Å²) in [5.41, 5.74) is 0.842. The van der Waals surface area contributed by atoms with Crippen molar-refractivity contribution in [2.75, 3.05) is 12.3 Å². The van der Waals surface area contributed by atoms with E-state index in [1.807, 2.05) is 0 Å². The van der Waals surface area contributed by atoms with E-state index in [0.717, 1.165) is 18.5 Å². The Morgan fingerprint density at radius 2 is 2.22 bits per heavy atom. The third kappa shape index (κ3) is 5.16. The van der Waals surface area contributed by atoms with Gasteiger partial charge < -0.3 is 5.32 Å². The lowest BCUT2D eigenvalue weighted by molar-refractivity contribution is 0.573. The largest absolute Gasteiger partial charge is 0.314 e. The van der Waals surface area contributed by atoms with E-state index in [1.165, 1.54) is 12.8 Å². The van der Waals surface area contributed by atoms with Crippen molar-refractivity contribution in [2.45, 2.75) is 38.3 Å². The van der Waals surface area contributed by atoms with Crippen LogP contribution in [0.25, 0.3) is 0 Å². The molecule has 18 heavy (non-hydrogen) atoms. The highest BCUT2D eigenvalue weighted by atomic mass is 32.2. The second-order valence-corrected chi connectivity index (χ2v) is 6.61. The van der Waals surface area contributed by atoms with E-state index < -0.39 is 10.0 Å². The van der Waals surface area contributed by atoms with Gasteiger partial charge in [0, 0.05) is 24.3 Å². The van der Waals surface area contributed by atoms with Crippen LogP contribution in [-0.2, 0) is 16.6 Å². The molecule has 0 aromatic carbocycles. The van der Waals surface area contributed by atoms with E-state index in [9.17, 15) is 8.42 Å². The van der Waals surface area contributed by atoms with E-state index in [1.54, 1.807) is 12.4 Å². The maximum absolute atomic E-state index is 11.7. The Morgan fingerprint density at radius 3 is 2.89 bits per heavy atom. The van der Waals surface area contributed by atoms with Gasteiger partial charge in [0.05, 0.1) is 11.9 Å². The van der Waals surface area contributed by atoms with Crippen molar-refractivity contribution < 1.29 is 8.42 Å². The molecule has 1 aliphatic rings. The predicted molar refractivity (Wildman–Crippen MR) is 69.5 cm³/mol. The predicted octanol–water partition coefficient (Wildman–Crippen LogP) is 0.361. The van der Waals surface area contributed by atoms with Crippen LogP contribution in [0.1, 0.15) is 31.2 Å². The topological polar surface area (TPSA) is 86.9 Å². The summed E-state index contributed by atoms with van der Waals surface area (Å²) >= 11 is 0. The molecule has 0 bridgehead atoms. The van der Waals surface area contributed by atoms with E-state index in [-0.39, 0.29) is 5.75 Å². The fourth-order valence-electron chi connectivity index (χ4n) is 1.65. The van der Waals surface area contributed by atoms with Gasteiger partial charge in [0.2, 0.25) is 10.0 Å². The zero-order valence-electron chi connectivity index (χ0n) is 10.4. The van der Waals surface area contributed by atoms with Gasteiger partial charge in [-0.05, 0) is 32.2 Å². The molecule has 0 saturated heterocycles. The van der Waals surface area contributed by atoms with Crippen LogP contribution in [0.15, 0.2) is 12.4 Å². The lowest BCUT2D eigenvalue weighted by Crippen LogP contribution is -2.26.